The predicted molar refractivity (Wildman–Crippen MR) is 97.3 cm³/mol. The van der Waals surface area contributed by atoms with Gasteiger partial charge >= 0.3 is 0 Å². The Hall–Kier alpha value is -2.18. The number of amides is 2. The van der Waals surface area contributed by atoms with Crippen molar-refractivity contribution in [2.75, 3.05) is 30.3 Å². The van der Waals surface area contributed by atoms with Gasteiger partial charge in [0.2, 0.25) is 31.9 Å². The summed E-state index contributed by atoms with van der Waals surface area (Å²) < 4.78 is 57.6. The molecule has 1 aliphatic rings. The molecule has 1 atom stereocenters. The van der Waals surface area contributed by atoms with E-state index in [-0.39, 0.29) is 41.1 Å². The number of methoxy groups -OCH3 is 1. The largest absolute Gasteiger partial charge is 0.495 e. The third-order valence-corrected chi connectivity index (χ3v) is 7.17. The molecule has 1 heterocycles. The van der Waals surface area contributed by atoms with E-state index in [0.717, 1.165) is 6.07 Å². The summed E-state index contributed by atoms with van der Waals surface area (Å²) in [4.78, 5) is 22.8. The number of rotatable bonds is 7. The molecule has 1 saturated heterocycles. The van der Waals surface area contributed by atoms with Crippen LogP contribution in [0.25, 0.3) is 0 Å². The van der Waals surface area contributed by atoms with Crippen LogP contribution >= 0.6 is 0 Å². The van der Waals surface area contributed by atoms with Crippen LogP contribution in [0.2, 0.25) is 0 Å². The molecule has 1 aromatic rings. The molecule has 27 heavy (non-hydrogen) atoms. The minimum atomic E-state index is -4.08. The van der Waals surface area contributed by atoms with Gasteiger partial charge in [-0.15, -0.1) is 0 Å². The van der Waals surface area contributed by atoms with Gasteiger partial charge < -0.3 is 10.1 Å². The lowest BCUT2D eigenvalue weighted by Gasteiger charge is -2.18. The molecular formula is C15H21N3O7S2. The van der Waals surface area contributed by atoms with Gasteiger partial charge in [-0.2, -0.15) is 0 Å². The highest BCUT2D eigenvalue weighted by molar-refractivity contribution is 7.94. The topological polar surface area (TPSA) is 139 Å². The molecule has 2 amide bonds. The Morgan fingerprint density at radius 1 is 1.33 bits per heavy atom. The monoisotopic (exact) mass is 419 g/mol. The summed E-state index contributed by atoms with van der Waals surface area (Å²) in [5.74, 6) is -1.99. The molecule has 2 N–H and O–H groups in total. The summed E-state index contributed by atoms with van der Waals surface area (Å²) in [5.41, 5.74) is -0.0765. The molecule has 0 saturated carbocycles. The van der Waals surface area contributed by atoms with Gasteiger partial charge in [0.1, 0.15) is 10.6 Å². The maximum absolute atomic E-state index is 12.6. The molecule has 0 radical (unpaired) electrons. The lowest BCUT2D eigenvalue weighted by atomic mass is 10.2. The number of nitrogens with zero attached hydrogens (tertiary/aromatic N) is 1. The molecule has 150 valence electrons. The lowest BCUT2D eigenvalue weighted by Crippen LogP contribution is -2.34. The summed E-state index contributed by atoms with van der Waals surface area (Å²) in [7, 11) is -6.68. The van der Waals surface area contributed by atoms with Crippen LogP contribution in [0.4, 0.5) is 5.69 Å². The number of sulfonamides is 2. The van der Waals surface area contributed by atoms with Crippen molar-refractivity contribution < 1.29 is 31.2 Å². The SMILES string of the molecule is COc1ccc(N2C(=O)[C@@H](C)CS2(=O)=O)cc1S(=O)(=O)NCCNC(C)=O. The van der Waals surface area contributed by atoms with Crippen molar-refractivity contribution in [3.63, 3.8) is 0 Å². The van der Waals surface area contributed by atoms with Crippen LogP contribution in [0.1, 0.15) is 13.8 Å². The third-order valence-electron chi connectivity index (χ3n) is 3.82. The van der Waals surface area contributed by atoms with Crippen molar-refractivity contribution >= 4 is 37.5 Å². The molecule has 1 aromatic carbocycles. The average molecular weight is 419 g/mol. The quantitative estimate of drug-likeness (QED) is 0.564. The molecule has 0 bridgehead atoms. The molecular weight excluding hydrogens is 398 g/mol. The molecule has 1 fully saturated rings. The zero-order valence-electron chi connectivity index (χ0n) is 15.1. The van der Waals surface area contributed by atoms with Crippen molar-refractivity contribution in [3.05, 3.63) is 18.2 Å². The predicted octanol–water partition coefficient (Wildman–Crippen LogP) is -0.578. The fraction of sp³-hybridized carbons (Fsp3) is 0.467. The van der Waals surface area contributed by atoms with E-state index in [2.05, 4.69) is 10.0 Å². The molecule has 2 rings (SSSR count). The molecule has 10 nitrogen and oxygen atoms in total. The van der Waals surface area contributed by atoms with Crippen LogP contribution in [0.5, 0.6) is 5.75 Å². The van der Waals surface area contributed by atoms with Crippen LogP contribution < -0.4 is 19.1 Å². The van der Waals surface area contributed by atoms with Crippen molar-refractivity contribution in [3.8, 4) is 5.75 Å². The Kier molecular flexibility index (Phi) is 6.12. The maximum atomic E-state index is 12.6. The van der Waals surface area contributed by atoms with E-state index in [1.165, 1.54) is 33.1 Å². The van der Waals surface area contributed by atoms with E-state index in [4.69, 9.17) is 4.74 Å². The second-order valence-corrected chi connectivity index (χ2v) is 9.60. The van der Waals surface area contributed by atoms with Crippen molar-refractivity contribution in [2.24, 2.45) is 5.92 Å². The average Bonchev–Trinajstić information content (AvgIpc) is 2.78. The fourth-order valence-electron chi connectivity index (χ4n) is 2.59. The van der Waals surface area contributed by atoms with Gasteiger partial charge in [-0.3, -0.25) is 9.59 Å². The number of carbonyl (C=O) groups is 2. The van der Waals surface area contributed by atoms with Gasteiger partial charge in [0.05, 0.1) is 24.5 Å². The Bertz CT molecular complexity index is 958. The van der Waals surface area contributed by atoms with Gasteiger partial charge in [-0.25, -0.2) is 25.9 Å². The van der Waals surface area contributed by atoms with E-state index < -0.39 is 31.9 Å². The summed E-state index contributed by atoms with van der Waals surface area (Å²) in [5, 5.41) is 2.45. The van der Waals surface area contributed by atoms with Gasteiger partial charge in [0.15, 0.2) is 0 Å². The number of nitrogens with one attached hydrogen (secondary N) is 2. The number of anilines is 1. The highest BCUT2D eigenvalue weighted by Gasteiger charge is 2.42. The summed E-state index contributed by atoms with van der Waals surface area (Å²) in [6.07, 6.45) is 0. The Balaban J connectivity index is 2.38. The van der Waals surface area contributed by atoms with Crippen LogP contribution in [-0.2, 0) is 29.6 Å². The van der Waals surface area contributed by atoms with Crippen LogP contribution in [0, 0.1) is 5.92 Å². The third kappa shape index (κ3) is 4.57. The number of carbonyl (C=O) groups excluding carboxylic acids is 2. The number of ether oxygens (including phenoxy) is 1. The molecule has 0 aliphatic carbocycles. The van der Waals surface area contributed by atoms with Crippen molar-refractivity contribution in [1.29, 1.82) is 0 Å². The first-order valence-electron chi connectivity index (χ1n) is 7.98. The molecule has 0 spiro atoms. The lowest BCUT2D eigenvalue weighted by molar-refractivity contribution is -0.120. The first-order chi connectivity index (χ1) is 12.5. The molecule has 0 unspecified atom stereocenters. The van der Waals surface area contributed by atoms with Gasteiger partial charge in [-0.05, 0) is 18.2 Å². The highest BCUT2D eigenvalue weighted by atomic mass is 32.2. The molecule has 1 aliphatic heterocycles. The smallest absolute Gasteiger partial charge is 0.244 e. The van der Waals surface area contributed by atoms with E-state index in [0.29, 0.717) is 4.31 Å². The van der Waals surface area contributed by atoms with E-state index in [9.17, 15) is 26.4 Å². The van der Waals surface area contributed by atoms with Crippen LogP contribution in [-0.4, -0.2) is 54.6 Å². The summed E-state index contributed by atoms with van der Waals surface area (Å²) >= 11 is 0. The first kappa shape index (κ1) is 21.1. The van der Waals surface area contributed by atoms with E-state index in [1.807, 2.05) is 0 Å². The number of benzene rings is 1. The minimum absolute atomic E-state index is 0.0112. The van der Waals surface area contributed by atoms with E-state index >= 15 is 0 Å². The zero-order valence-corrected chi connectivity index (χ0v) is 16.7. The minimum Gasteiger partial charge on any atom is -0.495 e. The van der Waals surface area contributed by atoms with Gasteiger partial charge in [0.25, 0.3) is 0 Å². The standard InChI is InChI=1S/C15H21N3O7S2/c1-10-9-26(21,22)18(15(10)20)12-4-5-13(25-3)14(8-12)27(23,24)17-7-6-16-11(2)19/h4-5,8,10,17H,6-7,9H2,1-3H3,(H,16,19)/t10-/m0/s1. The first-order valence-corrected chi connectivity index (χ1v) is 11.1. The van der Waals surface area contributed by atoms with Crippen LogP contribution in [0.3, 0.4) is 0 Å². The van der Waals surface area contributed by atoms with Crippen molar-refractivity contribution in [2.45, 2.75) is 18.7 Å². The Morgan fingerprint density at radius 3 is 2.52 bits per heavy atom. The maximum Gasteiger partial charge on any atom is 0.244 e. The number of hydrogen-bond donors (Lipinski definition) is 2. The summed E-state index contributed by atoms with van der Waals surface area (Å²) in [6, 6.07) is 3.67. The van der Waals surface area contributed by atoms with Crippen LogP contribution in [0.15, 0.2) is 23.1 Å². The zero-order chi connectivity index (χ0) is 20.4. The van der Waals surface area contributed by atoms with E-state index in [1.54, 1.807) is 0 Å². The second kappa shape index (κ2) is 7.82. The Labute approximate surface area is 158 Å². The summed E-state index contributed by atoms with van der Waals surface area (Å²) in [6.45, 7) is 2.79. The van der Waals surface area contributed by atoms with Gasteiger partial charge in [-0.1, -0.05) is 6.92 Å². The fourth-order valence-corrected chi connectivity index (χ4v) is 5.62. The highest BCUT2D eigenvalue weighted by Crippen LogP contribution is 2.33. The Morgan fingerprint density at radius 2 is 2.00 bits per heavy atom. The molecule has 12 heteroatoms. The van der Waals surface area contributed by atoms with Crippen molar-refractivity contribution in [1.82, 2.24) is 10.0 Å². The second-order valence-electron chi connectivity index (χ2n) is 6.00. The van der Waals surface area contributed by atoms with Gasteiger partial charge in [0, 0.05) is 20.0 Å². The molecule has 0 aromatic heterocycles. The number of hydrogen-bond acceptors (Lipinski definition) is 7. The normalized spacial score (nSPS) is 19.1.